The summed E-state index contributed by atoms with van der Waals surface area (Å²) in [6, 6.07) is 13.3. The maximum Gasteiger partial charge on any atom is 0.292 e. The molecular weight excluding hydrogens is 396 g/mol. The summed E-state index contributed by atoms with van der Waals surface area (Å²) < 4.78 is 0. The number of hydrogen-bond acceptors (Lipinski definition) is 5. The van der Waals surface area contributed by atoms with Crippen molar-refractivity contribution in [1.29, 1.82) is 0 Å². The Balaban J connectivity index is 1.36. The predicted octanol–water partition coefficient (Wildman–Crippen LogP) is 3.20. The molecule has 1 fully saturated rings. The van der Waals surface area contributed by atoms with Gasteiger partial charge in [-0.05, 0) is 42.9 Å². The van der Waals surface area contributed by atoms with Gasteiger partial charge in [0.15, 0.2) is 0 Å². The Labute approximate surface area is 180 Å². The third-order valence-corrected chi connectivity index (χ3v) is 5.98. The number of carbonyl (C=O) groups excluding carboxylic acids is 2. The number of nitro benzene ring substituents is 1. The number of rotatable bonds is 6. The highest BCUT2D eigenvalue weighted by molar-refractivity contribution is 5.95. The van der Waals surface area contributed by atoms with E-state index in [-0.39, 0.29) is 28.5 Å². The molecular formula is C23H26N4O4. The van der Waals surface area contributed by atoms with Crippen LogP contribution < -0.4 is 15.5 Å². The molecule has 8 nitrogen and oxygen atoms in total. The van der Waals surface area contributed by atoms with Crippen LogP contribution in [0.5, 0.6) is 0 Å². The largest absolute Gasteiger partial charge is 0.366 e. The Bertz CT molecular complexity index is 985. The molecule has 0 bridgehead atoms. The standard InChI is InChI=1S/C23H26N4O4/c28-22(8-6-16-4-2-1-3-5-16)24-18-10-12-26(13-11-18)20-15-19-17(7-9-23(29)25-19)14-21(20)27(30)31/h1-5,14-15,18H,6-13H2,(H,24,28)(H,25,29). The number of anilines is 2. The van der Waals surface area contributed by atoms with Crippen molar-refractivity contribution in [2.75, 3.05) is 23.3 Å². The zero-order chi connectivity index (χ0) is 21.8. The number of hydrogen-bond donors (Lipinski definition) is 2. The van der Waals surface area contributed by atoms with Crippen molar-refractivity contribution in [3.05, 3.63) is 63.7 Å². The fourth-order valence-corrected chi connectivity index (χ4v) is 4.27. The summed E-state index contributed by atoms with van der Waals surface area (Å²) in [4.78, 5) is 37.3. The molecule has 0 spiro atoms. The highest BCUT2D eigenvalue weighted by Gasteiger charge is 2.28. The maximum absolute atomic E-state index is 12.3. The number of benzene rings is 2. The molecule has 2 heterocycles. The minimum absolute atomic E-state index is 0.0322. The number of amides is 2. The van der Waals surface area contributed by atoms with E-state index in [9.17, 15) is 19.7 Å². The summed E-state index contributed by atoms with van der Waals surface area (Å²) in [5.74, 6) is -0.0333. The summed E-state index contributed by atoms with van der Waals surface area (Å²) in [6.07, 6.45) is 3.45. The first-order chi connectivity index (χ1) is 15.0. The van der Waals surface area contributed by atoms with Crippen LogP contribution in [0.1, 0.15) is 36.8 Å². The summed E-state index contributed by atoms with van der Waals surface area (Å²) in [6.45, 7) is 1.22. The maximum atomic E-state index is 12.3. The molecule has 1 saturated heterocycles. The van der Waals surface area contributed by atoms with Gasteiger partial charge in [-0.15, -0.1) is 0 Å². The Morgan fingerprint density at radius 2 is 1.90 bits per heavy atom. The van der Waals surface area contributed by atoms with Crippen LogP contribution in [0.2, 0.25) is 0 Å². The molecule has 0 atom stereocenters. The second-order valence-corrected chi connectivity index (χ2v) is 8.12. The Kier molecular flexibility index (Phi) is 6.16. The van der Waals surface area contributed by atoms with Crippen molar-refractivity contribution in [1.82, 2.24) is 5.32 Å². The first-order valence-corrected chi connectivity index (χ1v) is 10.7. The SMILES string of the molecule is O=C1CCc2cc([N+](=O)[O-])c(N3CCC(NC(=O)CCc4ccccc4)CC3)cc2N1. The second-order valence-electron chi connectivity index (χ2n) is 8.12. The molecule has 2 N–H and O–H groups in total. The van der Waals surface area contributed by atoms with Crippen molar-refractivity contribution in [2.45, 2.75) is 44.6 Å². The van der Waals surface area contributed by atoms with Crippen LogP contribution in [-0.4, -0.2) is 35.9 Å². The van der Waals surface area contributed by atoms with Gasteiger partial charge in [0.25, 0.3) is 5.69 Å². The van der Waals surface area contributed by atoms with Gasteiger partial charge in [-0.2, -0.15) is 0 Å². The molecule has 0 aromatic heterocycles. The minimum Gasteiger partial charge on any atom is -0.366 e. The monoisotopic (exact) mass is 422 g/mol. The molecule has 2 aromatic carbocycles. The van der Waals surface area contributed by atoms with Crippen molar-refractivity contribution in [2.24, 2.45) is 0 Å². The van der Waals surface area contributed by atoms with E-state index in [0.29, 0.717) is 50.1 Å². The zero-order valence-electron chi connectivity index (χ0n) is 17.3. The number of fused-ring (bicyclic) bond motifs is 1. The fraction of sp³-hybridized carbons (Fsp3) is 0.391. The Morgan fingerprint density at radius 3 is 2.61 bits per heavy atom. The molecule has 0 unspecified atom stereocenters. The molecule has 2 aliphatic rings. The van der Waals surface area contributed by atoms with Gasteiger partial charge in [0, 0.05) is 43.7 Å². The third kappa shape index (κ3) is 5.02. The molecule has 4 rings (SSSR count). The average Bonchev–Trinajstić information content (AvgIpc) is 2.78. The van der Waals surface area contributed by atoms with Crippen LogP contribution in [0.25, 0.3) is 0 Å². The van der Waals surface area contributed by atoms with E-state index in [4.69, 9.17) is 0 Å². The molecule has 8 heteroatoms. The topological polar surface area (TPSA) is 105 Å². The molecule has 0 aliphatic carbocycles. The van der Waals surface area contributed by atoms with Crippen molar-refractivity contribution >= 4 is 28.9 Å². The van der Waals surface area contributed by atoms with Gasteiger partial charge in [-0.25, -0.2) is 0 Å². The summed E-state index contributed by atoms with van der Waals surface area (Å²) in [5.41, 5.74) is 3.20. The van der Waals surface area contributed by atoms with Crippen molar-refractivity contribution in [3.8, 4) is 0 Å². The predicted molar refractivity (Wildman–Crippen MR) is 118 cm³/mol. The van der Waals surface area contributed by atoms with Gasteiger partial charge >= 0.3 is 0 Å². The van der Waals surface area contributed by atoms with E-state index in [1.54, 1.807) is 12.1 Å². The fourth-order valence-electron chi connectivity index (χ4n) is 4.27. The first kappa shape index (κ1) is 20.8. The van der Waals surface area contributed by atoms with E-state index in [1.807, 2.05) is 35.2 Å². The van der Waals surface area contributed by atoms with E-state index in [2.05, 4.69) is 10.6 Å². The lowest BCUT2D eigenvalue weighted by Gasteiger charge is -2.34. The highest BCUT2D eigenvalue weighted by Crippen LogP contribution is 2.37. The third-order valence-electron chi connectivity index (χ3n) is 5.98. The van der Waals surface area contributed by atoms with Gasteiger partial charge in [0.1, 0.15) is 5.69 Å². The Morgan fingerprint density at radius 1 is 1.16 bits per heavy atom. The summed E-state index contributed by atoms with van der Waals surface area (Å²) in [5, 5.41) is 17.6. The zero-order valence-corrected chi connectivity index (χ0v) is 17.3. The Hall–Kier alpha value is -3.42. The van der Waals surface area contributed by atoms with Crippen LogP contribution in [0.4, 0.5) is 17.1 Å². The van der Waals surface area contributed by atoms with Crippen LogP contribution >= 0.6 is 0 Å². The molecule has 2 aromatic rings. The summed E-state index contributed by atoms with van der Waals surface area (Å²) in [7, 11) is 0. The van der Waals surface area contributed by atoms with Gasteiger partial charge in [0.2, 0.25) is 11.8 Å². The van der Waals surface area contributed by atoms with Crippen LogP contribution in [0.15, 0.2) is 42.5 Å². The van der Waals surface area contributed by atoms with Crippen LogP contribution in [0.3, 0.4) is 0 Å². The molecule has 162 valence electrons. The number of nitrogens with zero attached hydrogens (tertiary/aromatic N) is 2. The number of aryl methyl sites for hydroxylation is 2. The molecule has 2 amide bonds. The van der Waals surface area contributed by atoms with Gasteiger partial charge < -0.3 is 15.5 Å². The molecule has 2 aliphatic heterocycles. The summed E-state index contributed by atoms with van der Waals surface area (Å²) >= 11 is 0. The van der Waals surface area contributed by atoms with E-state index >= 15 is 0 Å². The van der Waals surface area contributed by atoms with Gasteiger partial charge in [-0.1, -0.05) is 30.3 Å². The van der Waals surface area contributed by atoms with Crippen molar-refractivity contribution < 1.29 is 14.5 Å². The quantitative estimate of drug-likeness (QED) is 0.549. The average molecular weight is 422 g/mol. The smallest absolute Gasteiger partial charge is 0.292 e. The molecule has 0 radical (unpaired) electrons. The second kappa shape index (κ2) is 9.16. The van der Waals surface area contributed by atoms with Gasteiger partial charge in [-0.3, -0.25) is 19.7 Å². The van der Waals surface area contributed by atoms with E-state index < -0.39 is 0 Å². The van der Waals surface area contributed by atoms with Crippen LogP contribution in [-0.2, 0) is 22.4 Å². The number of nitrogens with one attached hydrogen (secondary N) is 2. The van der Waals surface area contributed by atoms with Gasteiger partial charge in [0.05, 0.1) is 4.92 Å². The van der Waals surface area contributed by atoms with E-state index in [1.165, 1.54) is 0 Å². The number of piperidine rings is 1. The lowest BCUT2D eigenvalue weighted by molar-refractivity contribution is -0.384. The lowest BCUT2D eigenvalue weighted by Crippen LogP contribution is -2.45. The normalized spacial score (nSPS) is 16.4. The van der Waals surface area contributed by atoms with Crippen LogP contribution in [0, 0.1) is 10.1 Å². The molecule has 0 saturated carbocycles. The highest BCUT2D eigenvalue weighted by atomic mass is 16.6. The number of carbonyl (C=O) groups is 2. The van der Waals surface area contributed by atoms with E-state index in [0.717, 1.165) is 24.0 Å². The lowest BCUT2D eigenvalue weighted by atomic mass is 9.99. The number of nitro groups is 1. The van der Waals surface area contributed by atoms with Crippen molar-refractivity contribution in [3.63, 3.8) is 0 Å². The first-order valence-electron chi connectivity index (χ1n) is 10.7. The molecule has 31 heavy (non-hydrogen) atoms. The minimum atomic E-state index is -0.358.